The van der Waals surface area contributed by atoms with Gasteiger partial charge in [-0.3, -0.25) is 9.89 Å². The summed E-state index contributed by atoms with van der Waals surface area (Å²) in [5.41, 5.74) is 1.06. The van der Waals surface area contributed by atoms with Gasteiger partial charge in [0.05, 0.1) is 6.26 Å². The number of aromatic nitrogens is 2. The summed E-state index contributed by atoms with van der Waals surface area (Å²) in [7, 11) is 0. The van der Waals surface area contributed by atoms with Crippen LogP contribution in [-0.2, 0) is 4.79 Å². The molecule has 2 N–H and O–H groups in total. The fraction of sp³-hybridized carbons (Fsp3) is 0.375. The Morgan fingerprint density at radius 1 is 1.50 bits per heavy atom. The van der Waals surface area contributed by atoms with Gasteiger partial charge in [-0.25, -0.2) is 0 Å². The van der Waals surface area contributed by atoms with Crippen LogP contribution in [0.3, 0.4) is 0 Å². The first-order valence-corrected chi connectivity index (χ1v) is 7.50. The van der Waals surface area contributed by atoms with Gasteiger partial charge in [0.1, 0.15) is 5.76 Å². The van der Waals surface area contributed by atoms with Crippen molar-refractivity contribution in [1.29, 1.82) is 0 Å². The fourth-order valence-corrected chi connectivity index (χ4v) is 2.61. The van der Waals surface area contributed by atoms with Crippen LogP contribution in [0.1, 0.15) is 24.3 Å². The topological polar surface area (TPSA) is 74.2 Å². The smallest absolute Gasteiger partial charge is 0.244 e. The molecule has 1 fully saturated rings. The molecule has 3 rings (SSSR count). The number of H-pyrrole nitrogens is 1. The Balaban J connectivity index is 1.46. The normalized spacial score (nSPS) is 16.3. The lowest BCUT2D eigenvalue weighted by molar-refractivity contribution is -0.117. The zero-order valence-corrected chi connectivity index (χ0v) is 12.6. The van der Waals surface area contributed by atoms with Crippen LogP contribution in [0.15, 0.2) is 35.0 Å². The first kappa shape index (κ1) is 14.4. The van der Waals surface area contributed by atoms with Crippen molar-refractivity contribution in [2.75, 3.05) is 18.0 Å². The molecular weight excluding hydrogens is 280 g/mol. The molecule has 0 bridgehead atoms. The molecule has 6 heteroatoms. The van der Waals surface area contributed by atoms with E-state index in [-0.39, 0.29) is 11.9 Å². The Hall–Kier alpha value is -2.50. The molecule has 0 unspecified atom stereocenters. The van der Waals surface area contributed by atoms with Crippen molar-refractivity contribution in [3.8, 4) is 0 Å². The number of carbonyl (C=O) groups excluding carboxylic acids is 1. The molecule has 1 saturated heterocycles. The molecule has 116 valence electrons. The highest BCUT2D eigenvalue weighted by molar-refractivity contribution is 5.91. The van der Waals surface area contributed by atoms with Gasteiger partial charge >= 0.3 is 0 Å². The maximum absolute atomic E-state index is 11.9. The van der Waals surface area contributed by atoms with E-state index in [0.717, 1.165) is 37.4 Å². The number of aryl methyl sites for hydroxylation is 1. The third-order valence-corrected chi connectivity index (χ3v) is 3.80. The van der Waals surface area contributed by atoms with Crippen LogP contribution in [0.2, 0.25) is 0 Å². The predicted octanol–water partition coefficient (Wildman–Crippen LogP) is 2.11. The van der Waals surface area contributed by atoms with E-state index in [9.17, 15) is 4.79 Å². The van der Waals surface area contributed by atoms with Gasteiger partial charge in [-0.05, 0) is 38.0 Å². The van der Waals surface area contributed by atoms with E-state index in [1.165, 1.54) is 6.08 Å². The van der Waals surface area contributed by atoms with Crippen molar-refractivity contribution in [3.63, 3.8) is 0 Å². The lowest BCUT2D eigenvalue weighted by atomic mass is 10.1. The van der Waals surface area contributed by atoms with Gasteiger partial charge in [0, 0.05) is 37.0 Å². The number of anilines is 1. The Morgan fingerprint density at radius 3 is 2.95 bits per heavy atom. The molecule has 0 aromatic carbocycles. The van der Waals surface area contributed by atoms with Gasteiger partial charge < -0.3 is 14.6 Å². The van der Waals surface area contributed by atoms with Crippen molar-refractivity contribution in [2.24, 2.45) is 0 Å². The van der Waals surface area contributed by atoms with Gasteiger partial charge in [0.15, 0.2) is 5.82 Å². The average Bonchev–Trinajstić information content (AvgIpc) is 3.17. The highest BCUT2D eigenvalue weighted by Gasteiger charge is 2.21. The maximum atomic E-state index is 11.9. The quantitative estimate of drug-likeness (QED) is 0.848. The molecule has 0 saturated carbocycles. The molecule has 0 aliphatic carbocycles. The van der Waals surface area contributed by atoms with Crippen LogP contribution in [0.4, 0.5) is 5.82 Å². The third-order valence-electron chi connectivity index (χ3n) is 3.80. The van der Waals surface area contributed by atoms with E-state index >= 15 is 0 Å². The van der Waals surface area contributed by atoms with Crippen LogP contribution in [0.25, 0.3) is 6.08 Å². The van der Waals surface area contributed by atoms with E-state index in [1.54, 1.807) is 18.4 Å². The van der Waals surface area contributed by atoms with Crippen LogP contribution in [-0.4, -0.2) is 35.2 Å². The van der Waals surface area contributed by atoms with Crippen molar-refractivity contribution >= 4 is 17.8 Å². The lowest BCUT2D eigenvalue weighted by Crippen LogP contribution is -2.44. The minimum Gasteiger partial charge on any atom is -0.465 e. The Bertz CT molecular complexity index is 637. The molecule has 1 aliphatic rings. The van der Waals surface area contributed by atoms with Gasteiger partial charge in [-0.15, -0.1) is 0 Å². The largest absolute Gasteiger partial charge is 0.465 e. The first-order chi connectivity index (χ1) is 10.7. The van der Waals surface area contributed by atoms with Crippen LogP contribution < -0.4 is 10.2 Å². The summed E-state index contributed by atoms with van der Waals surface area (Å²) in [5.74, 6) is 1.59. The second-order valence-electron chi connectivity index (χ2n) is 5.53. The average molecular weight is 300 g/mol. The number of nitrogens with one attached hydrogen (secondary N) is 2. The number of aromatic amines is 1. The highest BCUT2D eigenvalue weighted by Crippen LogP contribution is 2.18. The number of carbonyl (C=O) groups is 1. The Labute approximate surface area is 129 Å². The van der Waals surface area contributed by atoms with Crippen molar-refractivity contribution in [3.05, 3.63) is 42.0 Å². The molecular formula is C16H20N4O2. The fourth-order valence-electron chi connectivity index (χ4n) is 2.61. The van der Waals surface area contributed by atoms with Crippen molar-refractivity contribution < 1.29 is 9.21 Å². The van der Waals surface area contributed by atoms with Gasteiger partial charge in [0.25, 0.3) is 0 Å². The summed E-state index contributed by atoms with van der Waals surface area (Å²) in [6.07, 6.45) is 6.63. The second-order valence-corrected chi connectivity index (χ2v) is 5.53. The van der Waals surface area contributed by atoms with E-state index in [0.29, 0.717) is 5.76 Å². The molecule has 0 radical (unpaired) electrons. The summed E-state index contributed by atoms with van der Waals surface area (Å²) in [5, 5.41) is 10.3. The SMILES string of the molecule is Cc1cc(N2CCC(NC(=O)/C=C/c3ccco3)CC2)n[nH]1. The van der Waals surface area contributed by atoms with Crippen molar-refractivity contribution in [1.82, 2.24) is 15.5 Å². The summed E-state index contributed by atoms with van der Waals surface area (Å²) >= 11 is 0. The van der Waals surface area contributed by atoms with Gasteiger partial charge in [-0.1, -0.05) is 0 Å². The number of amides is 1. The number of nitrogens with zero attached hydrogens (tertiary/aromatic N) is 2. The molecule has 6 nitrogen and oxygen atoms in total. The maximum Gasteiger partial charge on any atom is 0.244 e. The number of piperidine rings is 1. The standard InChI is InChI=1S/C16H20N4O2/c1-12-11-15(19-18-12)20-8-6-13(7-9-20)17-16(21)5-4-14-3-2-10-22-14/h2-5,10-11,13H,6-9H2,1H3,(H,17,21)(H,18,19)/b5-4+. The predicted molar refractivity (Wildman–Crippen MR) is 84.4 cm³/mol. The number of rotatable bonds is 4. The van der Waals surface area contributed by atoms with E-state index in [1.807, 2.05) is 19.1 Å². The molecule has 2 aromatic rings. The molecule has 0 atom stereocenters. The highest BCUT2D eigenvalue weighted by atomic mass is 16.3. The first-order valence-electron chi connectivity index (χ1n) is 7.50. The lowest BCUT2D eigenvalue weighted by Gasteiger charge is -2.32. The summed E-state index contributed by atoms with van der Waals surface area (Å²) in [4.78, 5) is 14.1. The van der Waals surface area contributed by atoms with E-state index in [4.69, 9.17) is 4.42 Å². The van der Waals surface area contributed by atoms with Crippen molar-refractivity contribution in [2.45, 2.75) is 25.8 Å². The molecule has 2 aromatic heterocycles. The summed E-state index contributed by atoms with van der Waals surface area (Å²) < 4.78 is 5.16. The van der Waals surface area contributed by atoms with Gasteiger partial charge in [0.2, 0.25) is 5.91 Å². The van der Waals surface area contributed by atoms with Gasteiger partial charge in [-0.2, -0.15) is 5.10 Å². The van der Waals surface area contributed by atoms with Crippen LogP contribution in [0, 0.1) is 6.92 Å². The molecule has 0 spiro atoms. The summed E-state index contributed by atoms with van der Waals surface area (Å²) in [6.45, 7) is 3.79. The molecule has 1 aliphatic heterocycles. The van der Waals surface area contributed by atoms with Crippen LogP contribution >= 0.6 is 0 Å². The van der Waals surface area contributed by atoms with Crippen LogP contribution in [0.5, 0.6) is 0 Å². The summed E-state index contributed by atoms with van der Waals surface area (Å²) in [6, 6.07) is 5.87. The number of furan rings is 1. The Morgan fingerprint density at radius 2 is 2.32 bits per heavy atom. The van der Waals surface area contributed by atoms with E-state index in [2.05, 4.69) is 20.4 Å². The zero-order valence-electron chi connectivity index (χ0n) is 12.6. The zero-order chi connectivity index (χ0) is 15.4. The number of hydrogen-bond donors (Lipinski definition) is 2. The molecule has 22 heavy (non-hydrogen) atoms. The minimum atomic E-state index is -0.0783. The Kier molecular flexibility index (Phi) is 4.27. The monoisotopic (exact) mass is 300 g/mol. The molecule has 1 amide bonds. The van der Waals surface area contributed by atoms with E-state index < -0.39 is 0 Å². The second kappa shape index (κ2) is 6.51. The minimum absolute atomic E-state index is 0.0783. The third kappa shape index (κ3) is 3.58. The molecule has 3 heterocycles. The number of hydrogen-bond acceptors (Lipinski definition) is 4.